The van der Waals surface area contributed by atoms with E-state index in [4.69, 9.17) is 4.74 Å². The number of alkyl halides is 3. The normalized spacial score (nSPS) is 19.1. The van der Waals surface area contributed by atoms with Gasteiger partial charge in [0.15, 0.2) is 5.69 Å². The van der Waals surface area contributed by atoms with E-state index >= 15 is 0 Å². The summed E-state index contributed by atoms with van der Waals surface area (Å²) < 4.78 is 49.0. The number of ether oxygens (including phenoxy) is 1. The lowest BCUT2D eigenvalue weighted by Crippen LogP contribution is -2.50. The van der Waals surface area contributed by atoms with Gasteiger partial charge in [-0.05, 0) is 50.1 Å². The Morgan fingerprint density at radius 3 is 2.86 bits per heavy atom. The Labute approximate surface area is 201 Å². The van der Waals surface area contributed by atoms with E-state index in [9.17, 15) is 18.4 Å². The molecule has 0 spiro atoms. The fourth-order valence-electron chi connectivity index (χ4n) is 5.12. The maximum atomic E-state index is 13.9. The van der Waals surface area contributed by atoms with Gasteiger partial charge in [-0.3, -0.25) is 4.90 Å². The molecule has 35 heavy (non-hydrogen) atoms. The summed E-state index contributed by atoms with van der Waals surface area (Å²) in [7, 11) is 1.76. The number of aryl methyl sites for hydroxylation is 1. The summed E-state index contributed by atoms with van der Waals surface area (Å²) in [5.74, 6) is -0.191. The Bertz CT molecular complexity index is 1260. The molecule has 0 aliphatic carbocycles. The van der Waals surface area contributed by atoms with Crippen LogP contribution in [-0.2, 0) is 13.2 Å². The predicted octanol–water partition coefficient (Wildman–Crippen LogP) is 4.07. The highest BCUT2D eigenvalue weighted by Gasteiger charge is 2.35. The van der Waals surface area contributed by atoms with Crippen molar-refractivity contribution in [1.29, 1.82) is 5.26 Å². The molecule has 2 saturated heterocycles. The van der Waals surface area contributed by atoms with Crippen molar-refractivity contribution in [3.05, 3.63) is 41.9 Å². The zero-order valence-electron chi connectivity index (χ0n) is 19.6. The number of benzene rings is 1. The number of imidazole rings is 1. The number of piperazine rings is 1. The smallest absolute Gasteiger partial charge is 0.419 e. The second kappa shape index (κ2) is 9.47. The molecule has 10 heteroatoms. The predicted molar refractivity (Wildman–Crippen MR) is 125 cm³/mol. The number of halogens is 3. The van der Waals surface area contributed by atoms with Crippen molar-refractivity contribution in [3.8, 4) is 23.1 Å². The lowest BCUT2D eigenvalue weighted by Gasteiger charge is -2.37. The first-order chi connectivity index (χ1) is 16.8. The van der Waals surface area contributed by atoms with E-state index < -0.39 is 11.7 Å². The third kappa shape index (κ3) is 4.83. The molecule has 2 aromatic heterocycles. The molecule has 1 atom stereocenters. The van der Waals surface area contributed by atoms with Gasteiger partial charge in [0.1, 0.15) is 17.3 Å². The quantitative estimate of drug-likeness (QED) is 0.491. The van der Waals surface area contributed by atoms with E-state index in [1.165, 1.54) is 25.5 Å². The summed E-state index contributed by atoms with van der Waals surface area (Å²) in [6.45, 7) is 5.30. The van der Waals surface area contributed by atoms with Crippen LogP contribution in [0.1, 0.15) is 30.5 Å². The van der Waals surface area contributed by atoms with Crippen LogP contribution in [0.5, 0.6) is 5.75 Å². The minimum Gasteiger partial charge on any atom is -0.493 e. The Hall–Kier alpha value is -3.16. The first-order valence-electron chi connectivity index (χ1n) is 11.9. The Morgan fingerprint density at radius 2 is 2.06 bits per heavy atom. The molecule has 4 heterocycles. The number of fused-ring (bicyclic) bond motifs is 2. The van der Waals surface area contributed by atoms with Gasteiger partial charge >= 0.3 is 6.18 Å². The van der Waals surface area contributed by atoms with Crippen molar-refractivity contribution in [2.75, 3.05) is 39.3 Å². The number of hydrogen-bond donors (Lipinski definition) is 0. The van der Waals surface area contributed by atoms with E-state index in [1.54, 1.807) is 30.1 Å². The number of nitrogens with zero attached hydrogens (tertiary/aromatic N) is 6. The zero-order chi connectivity index (χ0) is 24.6. The Kier molecular flexibility index (Phi) is 6.38. The van der Waals surface area contributed by atoms with Crippen molar-refractivity contribution in [3.63, 3.8) is 0 Å². The zero-order valence-corrected chi connectivity index (χ0v) is 19.6. The van der Waals surface area contributed by atoms with E-state index in [2.05, 4.69) is 19.8 Å². The van der Waals surface area contributed by atoms with Crippen molar-refractivity contribution >= 4 is 11.0 Å². The average Bonchev–Trinajstić information content (AvgIpc) is 3.47. The van der Waals surface area contributed by atoms with Gasteiger partial charge in [-0.25, -0.2) is 9.97 Å². The molecule has 1 aromatic carbocycles. The fraction of sp³-hybridized carbons (Fsp3) is 0.480. The molecular formula is C25H27F3N6O. The molecule has 0 saturated carbocycles. The highest BCUT2D eigenvalue weighted by Crippen LogP contribution is 2.39. The van der Waals surface area contributed by atoms with E-state index in [0.29, 0.717) is 23.5 Å². The van der Waals surface area contributed by atoms with Crippen LogP contribution in [0.15, 0.2) is 30.6 Å². The summed E-state index contributed by atoms with van der Waals surface area (Å²) >= 11 is 0. The van der Waals surface area contributed by atoms with Crippen LogP contribution in [0, 0.1) is 11.3 Å². The number of nitriles is 1. The Balaban J connectivity index is 1.30. The van der Waals surface area contributed by atoms with Gasteiger partial charge in [-0.2, -0.15) is 18.4 Å². The van der Waals surface area contributed by atoms with Crippen LogP contribution < -0.4 is 4.74 Å². The highest BCUT2D eigenvalue weighted by atomic mass is 19.4. The van der Waals surface area contributed by atoms with E-state index in [-0.39, 0.29) is 29.3 Å². The van der Waals surface area contributed by atoms with Crippen molar-refractivity contribution in [2.24, 2.45) is 7.05 Å². The van der Waals surface area contributed by atoms with Crippen LogP contribution in [0.4, 0.5) is 13.2 Å². The van der Waals surface area contributed by atoms with Crippen LogP contribution in [0.25, 0.3) is 22.3 Å². The van der Waals surface area contributed by atoms with E-state index in [1.807, 2.05) is 6.07 Å². The number of rotatable bonds is 6. The molecule has 0 amide bonds. The topological polar surface area (TPSA) is 70.2 Å². The average molecular weight is 485 g/mol. The van der Waals surface area contributed by atoms with Gasteiger partial charge in [0.25, 0.3) is 0 Å². The van der Waals surface area contributed by atoms with Gasteiger partial charge in [-0.1, -0.05) is 0 Å². The fourth-order valence-corrected chi connectivity index (χ4v) is 5.12. The molecule has 0 radical (unpaired) electrons. The molecule has 0 bridgehead atoms. The Morgan fingerprint density at radius 1 is 1.20 bits per heavy atom. The molecule has 184 valence electrons. The molecule has 2 fully saturated rings. The molecule has 2 aliphatic rings. The first-order valence-corrected chi connectivity index (χ1v) is 11.9. The number of hydrogen-bond acceptors (Lipinski definition) is 6. The third-order valence-electron chi connectivity index (χ3n) is 6.95. The maximum absolute atomic E-state index is 13.9. The summed E-state index contributed by atoms with van der Waals surface area (Å²) in [5.41, 5.74) is 0.813. The minimum atomic E-state index is -4.58. The third-order valence-corrected chi connectivity index (χ3v) is 6.95. The van der Waals surface area contributed by atoms with Crippen LogP contribution >= 0.6 is 0 Å². The van der Waals surface area contributed by atoms with Crippen LogP contribution in [0.3, 0.4) is 0 Å². The molecule has 1 unspecified atom stereocenters. The largest absolute Gasteiger partial charge is 0.493 e. The maximum Gasteiger partial charge on any atom is 0.419 e. The highest BCUT2D eigenvalue weighted by molar-refractivity contribution is 5.84. The second-order valence-electron chi connectivity index (χ2n) is 9.23. The monoisotopic (exact) mass is 484 g/mol. The van der Waals surface area contributed by atoms with Crippen molar-refractivity contribution in [1.82, 2.24) is 24.3 Å². The molecule has 3 aromatic rings. The lowest BCUT2D eigenvalue weighted by molar-refractivity contribution is -0.138. The number of aromatic nitrogens is 3. The summed E-state index contributed by atoms with van der Waals surface area (Å²) in [4.78, 5) is 13.3. The summed E-state index contributed by atoms with van der Waals surface area (Å²) in [5, 5.41) is 9.44. The van der Waals surface area contributed by atoms with E-state index in [0.717, 1.165) is 32.2 Å². The minimum absolute atomic E-state index is 0.0745. The van der Waals surface area contributed by atoms with Gasteiger partial charge in [0, 0.05) is 44.8 Å². The molecule has 7 nitrogen and oxygen atoms in total. The summed E-state index contributed by atoms with van der Waals surface area (Å²) in [6.07, 6.45) is 0.102. The SMILES string of the molecule is Cn1cnc2c(C#N)nc(-c3ccc(OCCCN4CCN5CCCC5C4)c(C(F)(F)F)c3)cc21. The second-order valence-corrected chi connectivity index (χ2v) is 9.23. The molecule has 2 aliphatic heterocycles. The number of pyridine rings is 1. The van der Waals surface area contributed by atoms with Gasteiger partial charge in [0.05, 0.1) is 29.7 Å². The molecular weight excluding hydrogens is 457 g/mol. The van der Waals surface area contributed by atoms with Crippen LogP contribution in [-0.4, -0.2) is 69.7 Å². The standard InChI is InChI=1S/C25H27F3N6O/c1-32-16-30-24-21(14-29)31-20(13-22(24)32)17-5-6-23(19(12-17)25(26,27)28)35-11-3-7-33-9-10-34-8-2-4-18(34)15-33/h5-6,12-13,16,18H,2-4,7-11,15H2,1H3. The lowest BCUT2D eigenvalue weighted by atomic mass is 10.1. The van der Waals surface area contributed by atoms with Crippen molar-refractivity contribution < 1.29 is 17.9 Å². The van der Waals surface area contributed by atoms with Gasteiger partial charge in [-0.15, -0.1) is 0 Å². The molecule has 0 N–H and O–H groups in total. The first kappa shape index (κ1) is 23.6. The van der Waals surface area contributed by atoms with Crippen molar-refractivity contribution in [2.45, 2.75) is 31.5 Å². The molecule has 5 rings (SSSR count). The van der Waals surface area contributed by atoms with Gasteiger partial charge < -0.3 is 14.2 Å². The summed E-state index contributed by atoms with van der Waals surface area (Å²) in [6, 6.07) is 8.18. The van der Waals surface area contributed by atoms with Gasteiger partial charge in [0.2, 0.25) is 0 Å². The van der Waals surface area contributed by atoms with Crippen LogP contribution in [0.2, 0.25) is 0 Å².